The first-order valence-electron chi connectivity index (χ1n) is 12.4. The van der Waals surface area contributed by atoms with Gasteiger partial charge in [0.05, 0.1) is 18.4 Å². The van der Waals surface area contributed by atoms with E-state index >= 15 is 0 Å². The second-order valence-corrected chi connectivity index (χ2v) is 10.4. The van der Waals surface area contributed by atoms with Gasteiger partial charge >= 0.3 is 6.09 Å². The molecule has 1 atom stereocenters. The fourth-order valence-corrected chi connectivity index (χ4v) is 4.16. The van der Waals surface area contributed by atoms with Crippen molar-refractivity contribution >= 4 is 17.7 Å². The topological polar surface area (TPSA) is 99.8 Å². The minimum Gasteiger partial charge on any atom is -0.490 e. The van der Waals surface area contributed by atoms with E-state index < -0.39 is 17.7 Å². The van der Waals surface area contributed by atoms with Crippen LogP contribution in [0.2, 0.25) is 0 Å². The first-order chi connectivity index (χ1) is 17.6. The number of anilines is 1. The van der Waals surface area contributed by atoms with Gasteiger partial charge in [-0.05, 0) is 63.7 Å². The van der Waals surface area contributed by atoms with Crippen LogP contribution in [0.5, 0.6) is 5.75 Å². The lowest BCUT2D eigenvalue weighted by Crippen LogP contribution is -2.52. The molecule has 4 rings (SSSR count). The number of nitrogens with zero attached hydrogens (tertiary/aromatic N) is 3. The molecule has 9 nitrogen and oxygen atoms in total. The smallest absolute Gasteiger partial charge is 0.411 e. The van der Waals surface area contributed by atoms with E-state index in [9.17, 15) is 9.59 Å². The molecule has 2 aromatic carbocycles. The lowest BCUT2D eigenvalue weighted by Gasteiger charge is -2.37. The molecule has 2 amide bonds. The maximum Gasteiger partial charge on any atom is 0.411 e. The minimum atomic E-state index is -0.729. The molecular formula is C28H35N5O4. The van der Waals surface area contributed by atoms with Crippen molar-refractivity contribution in [1.29, 1.82) is 0 Å². The second-order valence-electron chi connectivity index (χ2n) is 10.4. The Kier molecular flexibility index (Phi) is 7.83. The van der Waals surface area contributed by atoms with Crippen molar-refractivity contribution in [2.75, 3.05) is 32.6 Å². The van der Waals surface area contributed by atoms with Gasteiger partial charge in [-0.25, -0.2) is 4.79 Å². The van der Waals surface area contributed by atoms with Crippen LogP contribution in [0.3, 0.4) is 0 Å². The molecule has 1 aromatic heterocycles. The highest BCUT2D eigenvalue weighted by molar-refractivity contribution is 5.98. The Balaban J connectivity index is 1.60. The number of hydrogen-bond donors (Lipinski definition) is 2. The van der Waals surface area contributed by atoms with Crippen molar-refractivity contribution in [3.8, 4) is 16.9 Å². The van der Waals surface area contributed by atoms with Crippen LogP contribution in [0.15, 0.2) is 54.9 Å². The number of nitrogens with one attached hydrogen (secondary N) is 2. The van der Waals surface area contributed by atoms with Crippen molar-refractivity contribution in [2.24, 2.45) is 0 Å². The monoisotopic (exact) mass is 505 g/mol. The Hall–Kier alpha value is -3.85. The number of benzene rings is 2. The molecule has 0 bridgehead atoms. The number of H-pyrrole nitrogens is 1. The molecule has 1 aliphatic heterocycles. The molecule has 2 N–H and O–H groups in total. The van der Waals surface area contributed by atoms with Crippen LogP contribution in [0, 0.1) is 0 Å². The van der Waals surface area contributed by atoms with Crippen molar-refractivity contribution in [1.82, 2.24) is 20.0 Å². The fraction of sp³-hybridized carbons (Fsp3) is 0.393. The number of amides is 2. The van der Waals surface area contributed by atoms with E-state index in [0.717, 1.165) is 28.8 Å². The van der Waals surface area contributed by atoms with Crippen molar-refractivity contribution in [2.45, 2.75) is 45.4 Å². The summed E-state index contributed by atoms with van der Waals surface area (Å²) in [5, 5.41) is 9.86. The lowest BCUT2D eigenvalue weighted by molar-refractivity contribution is -0.121. The van der Waals surface area contributed by atoms with Gasteiger partial charge in [0.1, 0.15) is 24.0 Å². The van der Waals surface area contributed by atoms with Gasteiger partial charge in [-0.1, -0.05) is 30.3 Å². The molecule has 0 saturated carbocycles. The zero-order chi connectivity index (χ0) is 26.6. The Morgan fingerprint density at radius 3 is 2.57 bits per heavy atom. The number of fused-ring (bicyclic) bond motifs is 1. The van der Waals surface area contributed by atoms with Gasteiger partial charge in [0.2, 0.25) is 5.91 Å². The molecule has 37 heavy (non-hydrogen) atoms. The molecule has 0 fully saturated rings. The van der Waals surface area contributed by atoms with Gasteiger partial charge in [0.15, 0.2) is 0 Å². The van der Waals surface area contributed by atoms with Gasteiger partial charge in [0, 0.05) is 24.7 Å². The Labute approximate surface area is 217 Å². The molecule has 0 spiro atoms. The summed E-state index contributed by atoms with van der Waals surface area (Å²) in [6.07, 6.45) is 3.41. The molecular weight excluding hydrogens is 470 g/mol. The maximum absolute atomic E-state index is 13.7. The number of aromatic amines is 1. The molecule has 3 aromatic rings. The largest absolute Gasteiger partial charge is 0.490 e. The van der Waals surface area contributed by atoms with E-state index in [-0.39, 0.29) is 5.91 Å². The molecule has 0 unspecified atom stereocenters. The molecule has 196 valence electrons. The van der Waals surface area contributed by atoms with Crippen molar-refractivity contribution < 1.29 is 19.1 Å². The van der Waals surface area contributed by atoms with E-state index in [1.165, 1.54) is 4.90 Å². The SMILES string of the molecule is CN(C)CCOc1cc(-c2cn[nH]c2)ccc1NC(=O)[C@@H]1Cc2ccccc2CN1C(=O)OC(C)(C)C. The van der Waals surface area contributed by atoms with Gasteiger partial charge in [-0.15, -0.1) is 0 Å². The molecule has 9 heteroatoms. The summed E-state index contributed by atoms with van der Waals surface area (Å²) in [6, 6.07) is 12.7. The summed E-state index contributed by atoms with van der Waals surface area (Å²) >= 11 is 0. The zero-order valence-corrected chi connectivity index (χ0v) is 22.1. The van der Waals surface area contributed by atoms with E-state index in [4.69, 9.17) is 9.47 Å². The Morgan fingerprint density at radius 1 is 1.14 bits per heavy atom. The third kappa shape index (κ3) is 6.68. The predicted molar refractivity (Wildman–Crippen MR) is 142 cm³/mol. The van der Waals surface area contributed by atoms with Crippen LogP contribution in [0.25, 0.3) is 11.1 Å². The Morgan fingerprint density at radius 2 is 1.89 bits per heavy atom. The number of ether oxygens (including phenoxy) is 2. The number of likely N-dealkylation sites (N-methyl/N-ethyl adjacent to an activating group) is 1. The highest BCUT2D eigenvalue weighted by atomic mass is 16.6. The van der Waals surface area contributed by atoms with Crippen LogP contribution >= 0.6 is 0 Å². The van der Waals surface area contributed by atoms with E-state index in [0.29, 0.717) is 31.0 Å². The first kappa shape index (κ1) is 26.2. The first-order valence-corrected chi connectivity index (χ1v) is 12.4. The van der Waals surface area contributed by atoms with Crippen LogP contribution in [-0.4, -0.2) is 70.9 Å². The predicted octanol–water partition coefficient (Wildman–Crippen LogP) is 4.32. The Bertz CT molecular complexity index is 1230. The van der Waals surface area contributed by atoms with E-state index in [1.807, 2.05) is 82.2 Å². The normalized spacial score (nSPS) is 15.3. The van der Waals surface area contributed by atoms with Crippen LogP contribution in [0.4, 0.5) is 10.5 Å². The standard InChI is InChI=1S/C28H35N5O4/c1-28(2,3)37-27(35)33-18-21-9-7-6-8-19(21)14-24(33)26(34)31-23-11-10-20(22-16-29-30-17-22)15-25(23)36-13-12-32(4)5/h6-11,15-17,24H,12-14,18H2,1-5H3,(H,29,30)(H,31,34)/t24-/m0/s1. The summed E-state index contributed by atoms with van der Waals surface area (Å²) in [7, 11) is 3.94. The zero-order valence-electron chi connectivity index (χ0n) is 22.1. The van der Waals surface area contributed by atoms with Crippen LogP contribution < -0.4 is 10.1 Å². The molecule has 0 aliphatic carbocycles. The summed E-state index contributed by atoms with van der Waals surface area (Å²) in [6.45, 7) is 6.92. The number of rotatable bonds is 7. The molecule has 1 aliphatic rings. The lowest BCUT2D eigenvalue weighted by atomic mass is 9.93. The molecule has 0 saturated heterocycles. The van der Waals surface area contributed by atoms with Gasteiger partial charge in [-0.2, -0.15) is 5.10 Å². The number of carbonyl (C=O) groups excluding carboxylic acids is 2. The number of hydrogen-bond acceptors (Lipinski definition) is 6. The molecule has 0 radical (unpaired) electrons. The summed E-state index contributed by atoms with van der Waals surface area (Å²) < 4.78 is 11.7. The average Bonchev–Trinajstić information content (AvgIpc) is 3.38. The highest BCUT2D eigenvalue weighted by Crippen LogP contribution is 2.32. The van der Waals surface area contributed by atoms with Gasteiger partial charge < -0.3 is 19.7 Å². The van der Waals surface area contributed by atoms with Crippen molar-refractivity contribution in [3.63, 3.8) is 0 Å². The second kappa shape index (κ2) is 11.0. The van der Waals surface area contributed by atoms with Gasteiger partial charge in [-0.3, -0.25) is 14.8 Å². The van der Waals surface area contributed by atoms with Crippen molar-refractivity contribution in [3.05, 3.63) is 66.0 Å². The van der Waals surface area contributed by atoms with E-state index in [2.05, 4.69) is 15.5 Å². The highest BCUT2D eigenvalue weighted by Gasteiger charge is 2.37. The summed E-state index contributed by atoms with van der Waals surface area (Å²) in [4.78, 5) is 30.3. The van der Waals surface area contributed by atoms with Gasteiger partial charge in [0.25, 0.3) is 0 Å². The third-order valence-electron chi connectivity index (χ3n) is 6.05. The number of carbonyl (C=O) groups is 2. The molecule has 2 heterocycles. The quantitative estimate of drug-likeness (QED) is 0.496. The summed E-state index contributed by atoms with van der Waals surface area (Å²) in [5.74, 6) is 0.253. The maximum atomic E-state index is 13.7. The average molecular weight is 506 g/mol. The number of aromatic nitrogens is 2. The third-order valence-corrected chi connectivity index (χ3v) is 6.05. The fourth-order valence-electron chi connectivity index (χ4n) is 4.16. The van der Waals surface area contributed by atoms with Crippen LogP contribution in [0.1, 0.15) is 31.9 Å². The van der Waals surface area contributed by atoms with Crippen LogP contribution in [-0.2, 0) is 22.5 Å². The summed E-state index contributed by atoms with van der Waals surface area (Å²) in [5.41, 5.74) is 3.74. The minimum absolute atomic E-state index is 0.297. The van der Waals surface area contributed by atoms with E-state index in [1.54, 1.807) is 12.4 Å².